The van der Waals surface area contributed by atoms with Gasteiger partial charge in [-0.25, -0.2) is 9.59 Å². The van der Waals surface area contributed by atoms with E-state index in [0.29, 0.717) is 19.4 Å². The summed E-state index contributed by atoms with van der Waals surface area (Å²) in [6.07, 6.45) is 3.30. The summed E-state index contributed by atoms with van der Waals surface area (Å²) in [4.78, 5) is 43.8. The predicted molar refractivity (Wildman–Crippen MR) is 160 cm³/mol. The van der Waals surface area contributed by atoms with Crippen molar-refractivity contribution in [3.8, 4) is 5.75 Å². The molecular weight excluding hydrogens is 522 g/mol. The van der Waals surface area contributed by atoms with E-state index in [1.54, 1.807) is 7.11 Å². The van der Waals surface area contributed by atoms with Crippen LogP contribution in [0.1, 0.15) is 64.5 Å². The van der Waals surface area contributed by atoms with Crippen LogP contribution in [0, 0.1) is 12.8 Å². The van der Waals surface area contributed by atoms with Gasteiger partial charge in [0.2, 0.25) is 5.91 Å². The molecule has 0 bridgehead atoms. The maximum Gasteiger partial charge on any atom is 0.407 e. The number of alkyl carbamates (subject to hydrolysis) is 1. The highest BCUT2D eigenvalue weighted by Gasteiger charge is 2.31. The second-order valence-corrected chi connectivity index (χ2v) is 12.2. The number of carbonyl (C=O) groups is 2. The van der Waals surface area contributed by atoms with Crippen molar-refractivity contribution in [2.24, 2.45) is 5.92 Å². The highest BCUT2D eigenvalue weighted by atomic mass is 16.6. The van der Waals surface area contributed by atoms with Crippen molar-refractivity contribution < 1.29 is 19.1 Å². The number of aryl methyl sites for hydroxylation is 1. The van der Waals surface area contributed by atoms with Crippen LogP contribution < -0.4 is 26.0 Å². The van der Waals surface area contributed by atoms with Gasteiger partial charge in [0.15, 0.2) is 0 Å². The molecule has 2 aromatic carbocycles. The van der Waals surface area contributed by atoms with E-state index >= 15 is 0 Å². The number of methoxy groups -OCH3 is 1. The molecule has 0 radical (unpaired) electrons. The first-order valence-electron chi connectivity index (χ1n) is 14.5. The number of nitrogens with one attached hydrogen (secondary N) is 3. The summed E-state index contributed by atoms with van der Waals surface area (Å²) in [5, 5.41) is 6.01. The Kier molecular flexibility index (Phi) is 8.02. The maximum atomic E-state index is 13.2. The quantitative estimate of drug-likeness (QED) is 0.383. The van der Waals surface area contributed by atoms with Crippen molar-refractivity contribution in [3.63, 3.8) is 0 Å². The van der Waals surface area contributed by atoms with E-state index in [0.717, 1.165) is 59.5 Å². The van der Waals surface area contributed by atoms with Crippen molar-refractivity contribution in [2.75, 3.05) is 30.4 Å². The number of hydrogen-bond donors (Lipinski definition) is 3. The number of nitrogens with zero attached hydrogens (tertiary/aromatic N) is 2. The second kappa shape index (κ2) is 11.5. The molecule has 2 fully saturated rings. The Bertz CT molecular complexity index is 1480. The number of para-hydroxylation sites is 1. The molecule has 5 rings (SSSR count). The van der Waals surface area contributed by atoms with Gasteiger partial charge in [0.05, 0.1) is 29.9 Å². The van der Waals surface area contributed by atoms with Crippen LogP contribution in [0.25, 0.3) is 11.0 Å². The van der Waals surface area contributed by atoms with Crippen LogP contribution in [0.2, 0.25) is 0 Å². The Morgan fingerprint density at radius 1 is 1.05 bits per heavy atom. The Balaban J connectivity index is 1.24. The number of anilines is 2. The van der Waals surface area contributed by atoms with E-state index in [9.17, 15) is 14.4 Å². The number of carbonyl (C=O) groups excluding carboxylic acids is 2. The van der Waals surface area contributed by atoms with Gasteiger partial charge in [-0.3, -0.25) is 9.36 Å². The molecule has 0 spiro atoms. The van der Waals surface area contributed by atoms with Gasteiger partial charge in [0.25, 0.3) is 0 Å². The van der Waals surface area contributed by atoms with E-state index in [-0.39, 0.29) is 29.6 Å². The minimum atomic E-state index is -0.547. The van der Waals surface area contributed by atoms with E-state index in [4.69, 9.17) is 9.47 Å². The highest BCUT2D eigenvalue weighted by Crippen LogP contribution is 2.36. The molecule has 1 atom stereocenters. The van der Waals surface area contributed by atoms with Gasteiger partial charge >= 0.3 is 11.8 Å². The zero-order valence-corrected chi connectivity index (χ0v) is 24.6. The summed E-state index contributed by atoms with van der Waals surface area (Å²) >= 11 is 0. The standard InChI is InChI=1S/C31H41N5O5/c1-19-9-12-21(17-26(19)40-5)32-28(37)20-10-13-23(14-11-20)36-25-8-6-7-24(27(25)34-29(36)38)35-16-15-22(18-35)33-30(39)41-31(2,3)4/h6-9,12,17,20,22-23H,10-11,13-16,18H2,1-5H3,(H,32,37)(H,33,39)(H,34,38). The molecule has 1 aromatic heterocycles. The number of benzene rings is 2. The molecule has 3 aromatic rings. The number of rotatable bonds is 6. The molecule has 220 valence electrons. The molecule has 3 N–H and O–H groups in total. The molecule has 1 saturated carbocycles. The molecule has 1 aliphatic heterocycles. The number of imidazole rings is 1. The third kappa shape index (κ3) is 6.36. The molecule has 1 saturated heterocycles. The largest absolute Gasteiger partial charge is 0.496 e. The van der Waals surface area contributed by atoms with Gasteiger partial charge in [0.1, 0.15) is 11.4 Å². The lowest BCUT2D eigenvalue weighted by atomic mass is 9.85. The fourth-order valence-electron chi connectivity index (χ4n) is 6.07. The van der Waals surface area contributed by atoms with Crippen molar-refractivity contribution in [1.82, 2.24) is 14.9 Å². The lowest BCUT2D eigenvalue weighted by Crippen LogP contribution is -2.40. The summed E-state index contributed by atoms with van der Waals surface area (Å²) in [6.45, 7) is 8.91. The topological polar surface area (TPSA) is 118 Å². The molecule has 10 heteroatoms. The average molecular weight is 564 g/mol. The molecule has 41 heavy (non-hydrogen) atoms. The zero-order valence-electron chi connectivity index (χ0n) is 24.6. The van der Waals surface area contributed by atoms with Gasteiger partial charge in [-0.05, 0) is 83.6 Å². The van der Waals surface area contributed by atoms with E-state index in [1.165, 1.54) is 0 Å². The maximum absolute atomic E-state index is 13.2. The lowest BCUT2D eigenvalue weighted by molar-refractivity contribution is -0.121. The minimum absolute atomic E-state index is 0.00601. The van der Waals surface area contributed by atoms with Crippen LogP contribution in [-0.2, 0) is 9.53 Å². The molecule has 2 heterocycles. The lowest BCUT2D eigenvalue weighted by Gasteiger charge is -2.29. The van der Waals surface area contributed by atoms with Gasteiger partial charge in [-0.15, -0.1) is 0 Å². The number of amides is 2. The first-order valence-corrected chi connectivity index (χ1v) is 14.5. The molecule has 1 unspecified atom stereocenters. The summed E-state index contributed by atoms with van der Waals surface area (Å²) in [5.41, 5.74) is 3.70. The van der Waals surface area contributed by atoms with Crippen molar-refractivity contribution in [2.45, 2.75) is 77.5 Å². The van der Waals surface area contributed by atoms with Crippen LogP contribution in [-0.4, -0.2) is 53.4 Å². The van der Waals surface area contributed by atoms with Gasteiger partial charge in [0, 0.05) is 36.8 Å². The van der Waals surface area contributed by atoms with E-state index in [1.807, 2.05) is 68.7 Å². The molecular formula is C31H41N5O5. The average Bonchev–Trinajstić information content (AvgIpc) is 3.51. The Labute approximate surface area is 240 Å². The fraction of sp³-hybridized carbons (Fsp3) is 0.516. The van der Waals surface area contributed by atoms with Gasteiger partial charge in [-0.1, -0.05) is 12.1 Å². The first kappa shape index (κ1) is 28.6. The third-order valence-electron chi connectivity index (χ3n) is 8.09. The summed E-state index contributed by atoms with van der Waals surface area (Å²) < 4.78 is 12.7. The monoisotopic (exact) mass is 563 g/mol. The smallest absolute Gasteiger partial charge is 0.407 e. The second-order valence-electron chi connectivity index (χ2n) is 12.2. The molecule has 2 aliphatic rings. The van der Waals surface area contributed by atoms with Crippen molar-refractivity contribution >= 4 is 34.4 Å². The minimum Gasteiger partial charge on any atom is -0.496 e. The van der Waals surface area contributed by atoms with E-state index < -0.39 is 11.7 Å². The fourth-order valence-corrected chi connectivity index (χ4v) is 6.07. The van der Waals surface area contributed by atoms with Crippen molar-refractivity contribution in [3.05, 3.63) is 52.4 Å². The predicted octanol–water partition coefficient (Wildman–Crippen LogP) is 5.12. The number of H-pyrrole nitrogens is 1. The Morgan fingerprint density at radius 2 is 1.80 bits per heavy atom. The van der Waals surface area contributed by atoms with Crippen LogP contribution in [0.5, 0.6) is 5.75 Å². The van der Waals surface area contributed by atoms with Crippen molar-refractivity contribution in [1.29, 1.82) is 0 Å². The Morgan fingerprint density at radius 3 is 2.51 bits per heavy atom. The number of aromatic nitrogens is 2. The normalized spacial score (nSPS) is 21.1. The zero-order chi connectivity index (χ0) is 29.3. The van der Waals surface area contributed by atoms with Gasteiger partial charge < -0.3 is 30.0 Å². The number of aromatic amines is 1. The third-order valence-corrected chi connectivity index (χ3v) is 8.09. The number of ether oxygens (including phenoxy) is 2. The van der Waals surface area contributed by atoms with Crippen LogP contribution >= 0.6 is 0 Å². The summed E-state index contributed by atoms with van der Waals surface area (Å²) in [6, 6.07) is 11.6. The number of hydrogen-bond acceptors (Lipinski definition) is 6. The number of fused-ring (bicyclic) bond motifs is 1. The van der Waals surface area contributed by atoms with Gasteiger partial charge in [-0.2, -0.15) is 0 Å². The van der Waals surface area contributed by atoms with Crippen LogP contribution in [0.3, 0.4) is 0 Å². The first-order chi connectivity index (χ1) is 19.5. The Hall–Kier alpha value is -3.95. The molecule has 1 aliphatic carbocycles. The highest BCUT2D eigenvalue weighted by molar-refractivity contribution is 5.93. The summed E-state index contributed by atoms with van der Waals surface area (Å²) in [5.74, 6) is 0.647. The van der Waals surface area contributed by atoms with Crippen LogP contribution in [0.15, 0.2) is 41.2 Å². The molecule has 2 amide bonds. The van der Waals surface area contributed by atoms with E-state index in [2.05, 4.69) is 20.5 Å². The molecule has 10 nitrogen and oxygen atoms in total. The summed E-state index contributed by atoms with van der Waals surface area (Å²) in [7, 11) is 1.62. The SMILES string of the molecule is COc1cc(NC(=O)C2CCC(n3c(=O)[nH]c4c(N5CCC(NC(=O)OC(C)(C)C)C5)cccc43)CC2)ccc1C. The van der Waals surface area contributed by atoms with Crippen LogP contribution in [0.4, 0.5) is 16.2 Å².